The summed E-state index contributed by atoms with van der Waals surface area (Å²) in [7, 11) is 0. The highest BCUT2D eigenvalue weighted by Gasteiger charge is 2.18. The van der Waals surface area contributed by atoms with Gasteiger partial charge in [-0.3, -0.25) is 0 Å². The van der Waals surface area contributed by atoms with Gasteiger partial charge in [0.05, 0.1) is 0 Å². The summed E-state index contributed by atoms with van der Waals surface area (Å²) in [5.74, 6) is 0.898. The Kier molecular flexibility index (Phi) is 2.97. The van der Waals surface area contributed by atoms with Crippen molar-refractivity contribution in [3.8, 4) is 11.1 Å². The van der Waals surface area contributed by atoms with Gasteiger partial charge in [0.2, 0.25) is 0 Å². The number of benzene rings is 1. The minimum absolute atomic E-state index is 0.0000220. The summed E-state index contributed by atoms with van der Waals surface area (Å²) in [6.45, 7) is 8.43. The molecule has 0 unspecified atom stereocenters. The largest absolute Gasteiger partial charge is 0.240 e. The molecular weight excluding hydrogens is 208 g/mol. The average molecular weight is 226 g/mol. The zero-order valence-corrected chi connectivity index (χ0v) is 10.9. The summed E-state index contributed by atoms with van der Waals surface area (Å²) in [5, 5.41) is 0. The van der Waals surface area contributed by atoms with Crippen LogP contribution >= 0.6 is 0 Å². The van der Waals surface area contributed by atoms with Gasteiger partial charge in [0.15, 0.2) is 0 Å². The molecule has 1 heterocycles. The molecule has 0 fully saturated rings. The number of hydrogen-bond acceptors (Lipinski definition) is 2. The molecule has 1 aromatic carbocycles. The lowest BCUT2D eigenvalue weighted by Gasteiger charge is -2.17. The summed E-state index contributed by atoms with van der Waals surface area (Å²) in [5.41, 5.74) is 3.32. The summed E-state index contributed by atoms with van der Waals surface area (Å²) in [6, 6.07) is 10.3. The molecule has 0 aliphatic heterocycles. The second-order valence-corrected chi connectivity index (χ2v) is 5.31. The Bertz CT molecular complexity index is 510. The predicted molar refractivity (Wildman–Crippen MR) is 70.9 cm³/mol. The molecule has 0 radical (unpaired) electrons. The molecule has 0 aliphatic rings. The van der Waals surface area contributed by atoms with Crippen LogP contribution in [-0.4, -0.2) is 9.97 Å². The van der Waals surface area contributed by atoms with Crippen LogP contribution in [0.25, 0.3) is 11.1 Å². The molecule has 0 amide bonds. The van der Waals surface area contributed by atoms with Crippen LogP contribution in [0.4, 0.5) is 0 Å². The van der Waals surface area contributed by atoms with Gasteiger partial charge in [0.1, 0.15) is 5.82 Å². The first-order valence-electron chi connectivity index (χ1n) is 5.88. The zero-order chi connectivity index (χ0) is 12.5. The van der Waals surface area contributed by atoms with Gasteiger partial charge in [-0.2, -0.15) is 0 Å². The third-order valence-corrected chi connectivity index (χ3v) is 2.73. The fraction of sp³-hybridized carbons (Fsp3) is 0.333. The highest BCUT2D eigenvalue weighted by atomic mass is 14.9. The number of rotatable bonds is 1. The summed E-state index contributed by atoms with van der Waals surface area (Å²) in [6.07, 6.45) is 1.93. The normalized spacial score (nSPS) is 11.5. The van der Waals surface area contributed by atoms with E-state index >= 15 is 0 Å². The molecule has 0 atom stereocenters. The lowest BCUT2D eigenvalue weighted by Crippen LogP contribution is -2.16. The molecule has 1 aromatic heterocycles. The standard InChI is InChI=1S/C15H18N2/c1-11-13(12-8-6-5-7-9-12)10-16-14(17-11)15(2,3)4/h5-10H,1-4H3. The molecule has 2 aromatic rings. The first kappa shape index (κ1) is 11.8. The lowest BCUT2D eigenvalue weighted by atomic mass is 9.95. The van der Waals surface area contributed by atoms with Gasteiger partial charge in [-0.1, -0.05) is 51.1 Å². The maximum Gasteiger partial charge on any atom is 0.133 e. The lowest BCUT2D eigenvalue weighted by molar-refractivity contribution is 0.543. The van der Waals surface area contributed by atoms with E-state index in [9.17, 15) is 0 Å². The first-order chi connectivity index (χ1) is 7.98. The van der Waals surface area contributed by atoms with E-state index in [0.717, 1.165) is 17.1 Å². The minimum atomic E-state index is -0.0000220. The zero-order valence-electron chi connectivity index (χ0n) is 10.9. The maximum atomic E-state index is 4.61. The van der Waals surface area contributed by atoms with Crippen molar-refractivity contribution in [1.29, 1.82) is 0 Å². The Hall–Kier alpha value is -1.70. The predicted octanol–water partition coefficient (Wildman–Crippen LogP) is 3.75. The molecule has 2 nitrogen and oxygen atoms in total. The van der Waals surface area contributed by atoms with Gasteiger partial charge in [0, 0.05) is 22.9 Å². The van der Waals surface area contributed by atoms with E-state index in [0.29, 0.717) is 0 Å². The maximum absolute atomic E-state index is 4.61. The van der Waals surface area contributed by atoms with Crippen LogP contribution in [0.15, 0.2) is 36.5 Å². The van der Waals surface area contributed by atoms with Crippen molar-refractivity contribution in [3.63, 3.8) is 0 Å². The van der Waals surface area contributed by atoms with Crippen molar-refractivity contribution < 1.29 is 0 Å². The van der Waals surface area contributed by atoms with Gasteiger partial charge in [0.25, 0.3) is 0 Å². The highest BCUT2D eigenvalue weighted by molar-refractivity contribution is 5.64. The fourth-order valence-corrected chi connectivity index (χ4v) is 1.73. The number of nitrogens with zero attached hydrogens (tertiary/aromatic N) is 2. The Morgan fingerprint density at radius 3 is 2.18 bits per heavy atom. The third-order valence-electron chi connectivity index (χ3n) is 2.73. The van der Waals surface area contributed by atoms with Crippen molar-refractivity contribution >= 4 is 0 Å². The molecule has 0 aliphatic carbocycles. The Labute approximate surface area is 103 Å². The summed E-state index contributed by atoms with van der Waals surface area (Å²) < 4.78 is 0. The highest BCUT2D eigenvalue weighted by Crippen LogP contribution is 2.24. The van der Waals surface area contributed by atoms with Crippen LogP contribution in [0.1, 0.15) is 32.3 Å². The SMILES string of the molecule is Cc1nc(C(C)(C)C)ncc1-c1ccccc1. The first-order valence-corrected chi connectivity index (χ1v) is 5.88. The number of aryl methyl sites for hydroxylation is 1. The monoisotopic (exact) mass is 226 g/mol. The van der Waals surface area contributed by atoms with Gasteiger partial charge in [-0.05, 0) is 12.5 Å². The molecule has 2 rings (SSSR count). The van der Waals surface area contributed by atoms with E-state index in [-0.39, 0.29) is 5.41 Å². The summed E-state index contributed by atoms with van der Waals surface area (Å²) in [4.78, 5) is 9.09. The Balaban J connectivity index is 2.46. The van der Waals surface area contributed by atoms with E-state index in [1.807, 2.05) is 31.3 Å². The van der Waals surface area contributed by atoms with Gasteiger partial charge in [-0.25, -0.2) is 9.97 Å². The molecule has 2 heteroatoms. The van der Waals surface area contributed by atoms with E-state index in [1.54, 1.807) is 0 Å². The van der Waals surface area contributed by atoms with Crippen LogP contribution in [0.2, 0.25) is 0 Å². The molecule has 0 N–H and O–H groups in total. The van der Waals surface area contributed by atoms with Crippen molar-refractivity contribution in [2.75, 3.05) is 0 Å². The third kappa shape index (κ3) is 2.52. The van der Waals surface area contributed by atoms with Crippen LogP contribution in [0.3, 0.4) is 0 Å². The second kappa shape index (κ2) is 4.28. The smallest absolute Gasteiger partial charge is 0.133 e. The van der Waals surface area contributed by atoms with Crippen LogP contribution in [0.5, 0.6) is 0 Å². The van der Waals surface area contributed by atoms with E-state index in [1.165, 1.54) is 5.56 Å². The van der Waals surface area contributed by atoms with Crippen LogP contribution in [0, 0.1) is 6.92 Å². The summed E-state index contributed by atoms with van der Waals surface area (Å²) >= 11 is 0. The molecule has 0 saturated heterocycles. The molecule has 17 heavy (non-hydrogen) atoms. The van der Waals surface area contributed by atoms with Gasteiger partial charge in [-0.15, -0.1) is 0 Å². The molecule has 88 valence electrons. The van der Waals surface area contributed by atoms with Crippen molar-refractivity contribution in [1.82, 2.24) is 9.97 Å². The topological polar surface area (TPSA) is 25.8 Å². The van der Waals surface area contributed by atoms with E-state index in [2.05, 4.69) is 42.9 Å². The average Bonchev–Trinajstić information content (AvgIpc) is 2.29. The van der Waals surface area contributed by atoms with Gasteiger partial charge >= 0.3 is 0 Å². The minimum Gasteiger partial charge on any atom is -0.240 e. The molecule has 0 bridgehead atoms. The van der Waals surface area contributed by atoms with E-state index in [4.69, 9.17) is 0 Å². The van der Waals surface area contributed by atoms with Crippen molar-refractivity contribution in [2.45, 2.75) is 33.1 Å². The number of aromatic nitrogens is 2. The van der Waals surface area contributed by atoms with Crippen LogP contribution in [-0.2, 0) is 5.41 Å². The van der Waals surface area contributed by atoms with E-state index < -0.39 is 0 Å². The van der Waals surface area contributed by atoms with Crippen molar-refractivity contribution in [3.05, 3.63) is 48.0 Å². The fourth-order valence-electron chi connectivity index (χ4n) is 1.73. The molecular formula is C15H18N2. The molecule has 0 spiro atoms. The van der Waals surface area contributed by atoms with Gasteiger partial charge < -0.3 is 0 Å². The Morgan fingerprint density at radius 2 is 1.65 bits per heavy atom. The quantitative estimate of drug-likeness (QED) is 0.740. The van der Waals surface area contributed by atoms with Crippen LogP contribution < -0.4 is 0 Å². The second-order valence-electron chi connectivity index (χ2n) is 5.31. The van der Waals surface area contributed by atoms with Crippen molar-refractivity contribution in [2.24, 2.45) is 0 Å². The Morgan fingerprint density at radius 1 is 1.00 bits per heavy atom. The number of hydrogen-bond donors (Lipinski definition) is 0. The molecule has 0 saturated carbocycles.